The lowest BCUT2D eigenvalue weighted by Gasteiger charge is -2.38. The van der Waals surface area contributed by atoms with Gasteiger partial charge in [-0.3, -0.25) is 18.9 Å². The standard InChI is InChI=1S/C26H44N4O10P2/c1-16(2)30(17(3)4)41(38-11-9-10-27)40-22-21(19-14-20(19)42(33,35-7)36-8)39-25(23(22)37-13-12-34-6)29-15-18(5)24(31)28-26(29)32/h15-17,19-23,25H,9,11-14H2,1-8H3,(H,28,31,32)/t19?,20?,21-,22?,23+,25-,41?/m1/s1. The van der Waals surface area contributed by atoms with Crippen molar-refractivity contribution >= 4 is 16.1 Å². The Morgan fingerprint density at radius 2 is 1.81 bits per heavy atom. The fraction of sp³-hybridized carbons (Fsp3) is 0.808. The number of methoxy groups -OCH3 is 1. The van der Waals surface area contributed by atoms with E-state index in [1.807, 2.05) is 27.7 Å². The summed E-state index contributed by atoms with van der Waals surface area (Å²) < 4.78 is 58.2. The summed E-state index contributed by atoms with van der Waals surface area (Å²) in [5.41, 5.74) is -1.30. The van der Waals surface area contributed by atoms with Crippen molar-refractivity contribution in [2.45, 2.75) is 89.7 Å². The number of aromatic nitrogens is 2. The lowest BCUT2D eigenvalue weighted by Crippen LogP contribution is -2.42. The normalized spacial score (nSPS) is 26.7. The van der Waals surface area contributed by atoms with Gasteiger partial charge in [-0.2, -0.15) is 5.26 Å². The number of hydrogen-bond donors (Lipinski definition) is 1. The van der Waals surface area contributed by atoms with Gasteiger partial charge >= 0.3 is 13.3 Å². The maximum absolute atomic E-state index is 13.3. The van der Waals surface area contributed by atoms with Crippen LogP contribution in [-0.2, 0) is 36.9 Å². The number of aromatic amines is 1. The van der Waals surface area contributed by atoms with Crippen LogP contribution in [0, 0.1) is 24.2 Å². The monoisotopic (exact) mass is 634 g/mol. The van der Waals surface area contributed by atoms with Crippen molar-refractivity contribution < 1.29 is 36.9 Å². The molecule has 7 atom stereocenters. The van der Waals surface area contributed by atoms with Gasteiger partial charge in [-0.25, -0.2) is 9.46 Å². The van der Waals surface area contributed by atoms with Crippen molar-refractivity contribution in [1.29, 1.82) is 5.26 Å². The van der Waals surface area contributed by atoms with Crippen LogP contribution in [0.1, 0.15) is 52.3 Å². The highest BCUT2D eigenvalue weighted by Gasteiger charge is 2.63. The summed E-state index contributed by atoms with van der Waals surface area (Å²) in [7, 11) is -0.931. The number of rotatable bonds is 17. The van der Waals surface area contributed by atoms with Crippen molar-refractivity contribution in [3.05, 3.63) is 32.6 Å². The molecule has 1 aromatic rings. The molecule has 0 amide bonds. The van der Waals surface area contributed by atoms with Gasteiger partial charge in [0, 0.05) is 51.1 Å². The second kappa shape index (κ2) is 15.5. The van der Waals surface area contributed by atoms with E-state index in [9.17, 15) is 14.2 Å². The number of H-pyrrole nitrogens is 1. The summed E-state index contributed by atoms with van der Waals surface area (Å²) in [5.74, 6) is -0.304. The van der Waals surface area contributed by atoms with Gasteiger partial charge in [-0.1, -0.05) is 0 Å². The van der Waals surface area contributed by atoms with Gasteiger partial charge < -0.3 is 32.3 Å². The highest BCUT2D eigenvalue weighted by Crippen LogP contribution is 2.67. The molecule has 1 saturated carbocycles. The van der Waals surface area contributed by atoms with Crippen molar-refractivity contribution in [1.82, 2.24) is 14.2 Å². The fourth-order valence-electron chi connectivity index (χ4n) is 5.23. The lowest BCUT2D eigenvalue weighted by molar-refractivity contribution is -0.0796. The number of hydrogen-bond acceptors (Lipinski definition) is 12. The van der Waals surface area contributed by atoms with Crippen molar-refractivity contribution in [2.75, 3.05) is 41.2 Å². The molecule has 42 heavy (non-hydrogen) atoms. The third-order valence-corrected chi connectivity index (χ3v) is 11.8. The first-order valence-corrected chi connectivity index (χ1v) is 16.7. The summed E-state index contributed by atoms with van der Waals surface area (Å²) in [5, 5.41) is 9.15. The molecule has 0 aromatic carbocycles. The minimum absolute atomic E-state index is 0.0305. The molecule has 0 bridgehead atoms. The molecular formula is C26H44N4O10P2. The molecule has 2 fully saturated rings. The molecule has 238 valence electrons. The molecule has 3 rings (SSSR count). The van der Waals surface area contributed by atoms with Gasteiger partial charge in [0.05, 0.1) is 44.1 Å². The Bertz CT molecular complexity index is 1220. The smallest absolute Gasteiger partial charge is 0.333 e. The van der Waals surface area contributed by atoms with Gasteiger partial charge in [0.1, 0.15) is 12.2 Å². The van der Waals surface area contributed by atoms with Crippen LogP contribution in [0.4, 0.5) is 0 Å². The van der Waals surface area contributed by atoms with E-state index in [0.717, 1.165) is 0 Å². The third kappa shape index (κ3) is 7.96. The van der Waals surface area contributed by atoms with Gasteiger partial charge in [-0.05, 0) is 41.0 Å². The Morgan fingerprint density at radius 1 is 1.14 bits per heavy atom. The molecule has 1 aliphatic carbocycles. The van der Waals surface area contributed by atoms with E-state index in [1.165, 1.54) is 25.0 Å². The molecule has 4 unspecified atom stereocenters. The molecule has 14 nitrogen and oxygen atoms in total. The number of nitrogens with zero attached hydrogens (tertiary/aromatic N) is 3. The summed E-state index contributed by atoms with van der Waals surface area (Å²) in [6, 6.07) is 2.16. The largest absolute Gasteiger partial charge is 0.382 e. The predicted molar refractivity (Wildman–Crippen MR) is 155 cm³/mol. The first-order valence-electron chi connectivity index (χ1n) is 14.0. The zero-order valence-corrected chi connectivity index (χ0v) is 27.3. The van der Waals surface area contributed by atoms with Crippen LogP contribution in [0.15, 0.2) is 15.8 Å². The van der Waals surface area contributed by atoms with E-state index in [0.29, 0.717) is 12.0 Å². The Balaban J connectivity index is 2.10. The summed E-state index contributed by atoms with van der Waals surface area (Å²) in [4.78, 5) is 27.5. The maximum atomic E-state index is 13.3. The fourth-order valence-corrected chi connectivity index (χ4v) is 8.82. The zero-order valence-electron chi connectivity index (χ0n) is 25.6. The molecule has 16 heteroatoms. The van der Waals surface area contributed by atoms with Crippen LogP contribution < -0.4 is 11.2 Å². The van der Waals surface area contributed by atoms with Crippen LogP contribution in [0.5, 0.6) is 0 Å². The number of aryl methyl sites for hydroxylation is 1. The van der Waals surface area contributed by atoms with E-state index in [4.69, 9.17) is 37.6 Å². The molecule has 1 N–H and O–H groups in total. The molecule has 1 saturated heterocycles. The SMILES string of the molecule is COCCO[C@H]1C(OP(OCCC#N)N(C(C)C)C(C)C)[C@@H](C2CC2P(=O)(OC)OC)O[C@H]1n1cc(C)c(=O)[nH]c1=O. The van der Waals surface area contributed by atoms with Crippen LogP contribution in [-0.4, -0.2) is 91.4 Å². The Morgan fingerprint density at radius 3 is 2.38 bits per heavy atom. The van der Waals surface area contributed by atoms with Crippen LogP contribution in [0.25, 0.3) is 0 Å². The van der Waals surface area contributed by atoms with Gasteiger partial charge in [0.15, 0.2) is 6.23 Å². The second-order valence-electron chi connectivity index (χ2n) is 10.8. The average Bonchev–Trinajstić information content (AvgIpc) is 3.67. The zero-order chi connectivity index (χ0) is 31.2. The molecule has 1 aromatic heterocycles. The van der Waals surface area contributed by atoms with E-state index in [1.54, 1.807) is 14.0 Å². The van der Waals surface area contributed by atoms with Crippen molar-refractivity contribution in [3.63, 3.8) is 0 Å². The molecular weight excluding hydrogens is 590 g/mol. The lowest BCUT2D eigenvalue weighted by atomic mass is 10.1. The molecule has 1 aliphatic heterocycles. The molecule has 2 aliphatic rings. The Kier molecular flexibility index (Phi) is 12.9. The predicted octanol–water partition coefficient (Wildman–Crippen LogP) is 3.31. The molecule has 0 radical (unpaired) electrons. The van der Waals surface area contributed by atoms with E-state index < -0.39 is 57.6 Å². The average molecular weight is 635 g/mol. The molecule has 0 spiro atoms. The topological polar surface area (TPSA) is 164 Å². The highest BCUT2D eigenvalue weighted by atomic mass is 31.2. The van der Waals surface area contributed by atoms with E-state index in [2.05, 4.69) is 15.7 Å². The minimum Gasteiger partial charge on any atom is -0.382 e. The highest BCUT2D eigenvalue weighted by molar-refractivity contribution is 7.55. The van der Waals surface area contributed by atoms with E-state index in [-0.39, 0.29) is 44.2 Å². The van der Waals surface area contributed by atoms with Gasteiger partial charge in [0.25, 0.3) is 14.1 Å². The minimum atomic E-state index is -3.43. The van der Waals surface area contributed by atoms with Crippen LogP contribution in [0.3, 0.4) is 0 Å². The van der Waals surface area contributed by atoms with Crippen molar-refractivity contribution in [2.24, 2.45) is 5.92 Å². The second-order valence-corrected chi connectivity index (χ2v) is 14.7. The quantitative estimate of drug-likeness (QED) is 0.197. The summed E-state index contributed by atoms with van der Waals surface area (Å²) in [6.45, 7) is 10.3. The van der Waals surface area contributed by atoms with Gasteiger partial charge in [0.2, 0.25) is 0 Å². The summed E-state index contributed by atoms with van der Waals surface area (Å²) in [6.07, 6.45) is -1.25. The number of nitrogens with one attached hydrogen (secondary N) is 1. The van der Waals surface area contributed by atoms with Crippen molar-refractivity contribution in [3.8, 4) is 6.07 Å². The number of nitriles is 1. The Hall–Kier alpha value is -1.49. The van der Waals surface area contributed by atoms with Crippen LogP contribution >= 0.6 is 16.1 Å². The first-order chi connectivity index (χ1) is 19.9. The molecule has 2 heterocycles. The first kappa shape index (κ1) is 35.0. The Labute approximate surface area is 248 Å². The maximum Gasteiger partial charge on any atom is 0.333 e. The summed E-state index contributed by atoms with van der Waals surface area (Å²) >= 11 is 0. The van der Waals surface area contributed by atoms with Gasteiger partial charge in [-0.15, -0.1) is 0 Å². The van der Waals surface area contributed by atoms with Crippen LogP contribution in [0.2, 0.25) is 0 Å². The number of ether oxygens (including phenoxy) is 3. The third-order valence-electron chi connectivity index (χ3n) is 7.26. The van der Waals surface area contributed by atoms with E-state index >= 15 is 0 Å².